The average molecular weight is 1240 g/mol. The number of nitrogens with zero attached hydrogens (tertiary/aromatic N) is 4. The fraction of sp³-hybridized carbons (Fsp3) is 0.333. The number of rotatable bonds is 18. The van der Waals surface area contributed by atoms with Crippen molar-refractivity contribution in [2.75, 3.05) is 40.6 Å². The first kappa shape index (κ1) is 66.8. The Morgan fingerprint density at radius 2 is 0.565 bits per heavy atom. The monoisotopic (exact) mass is 1240 g/mol. The molecule has 4 N–H and O–H groups in total. The maximum atomic E-state index is 12.9. The van der Waals surface area contributed by atoms with Gasteiger partial charge in [-0.3, -0.25) is 0 Å². The van der Waals surface area contributed by atoms with Crippen LogP contribution in [-0.4, -0.2) is 85.9 Å². The molecule has 8 aromatic carbocycles. The Balaban J connectivity index is 1.10. The fourth-order valence-electron chi connectivity index (χ4n) is 11.0. The quantitative estimate of drug-likeness (QED) is 0.0366. The summed E-state index contributed by atoms with van der Waals surface area (Å²) in [7, 11) is 2.99. The molecule has 1 aliphatic rings. The van der Waals surface area contributed by atoms with Crippen LogP contribution in [0, 0.1) is 0 Å². The highest BCUT2D eigenvalue weighted by atomic mass is 16.5. The van der Waals surface area contributed by atoms with Crippen LogP contribution in [0.3, 0.4) is 0 Å². The van der Waals surface area contributed by atoms with Gasteiger partial charge in [0.15, 0.2) is 23.0 Å². The van der Waals surface area contributed by atoms with Gasteiger partial charge >= 0.3 is 0 Å². The molecule has 8 bridgehead atoms. The van der Waals surface area contributed by atoms with Gasteiger partial charge in [-0.15, -0.1) is 0 Å². The first-order valence-corrected chi connectivity index (χ1v) is 31.3. The minimum atomic E-state index is -0.300. The molecule has 0 amide bonds. The summed E-state index contributed by atoms with van der Waals surface area (Å²) in [5, 5.41) is 64.0. The molecule has 0 spiro atoms. The predicted octanol–water partition coefficient (Wildman–Crippen LogP) is 16.2. The van der Waals surface area contributed by atoms with Gasteiger partial charge in [0, 0.05) is 47.9 Å². The van der Waals surface area contributed by atoms with Crippen LogP contribution in [0.15, 0.2) is 154 Å². The van der Waals surface area contributed by atoms with Crippen LogP contribution in [0.5, 0.6) is 57.5 Å². The molecule has 0 fully saturated rings. The number of hydrogen-bond donors (Lipinski definition) is 4. The molecule has 92 heavy (non-hydrogen) atoms. The van der Waals surface area contributed by atoms with E-state index in [-0.39, 0.29) is 71.1 Å². The van der Waals surface area contributed by atoms with Crippen molar-refractivity contribution in [1.82, 2.24) is 0 Å². The lowest BCUT2D eigenvalue weighted by Gasteiger charge is -2.28. The minimum Gasteiger partial charge on any atom is -0.507 e. The van der Waals surface area contributed by atoms with Gasteiger partial charge in [0.05, 0.1) is 39.1 Å². The SMILES string of the molecule is COc1cccc(C=NN=Cc2ccccc2OCCOc2c3cc(C(C)(C)C)cc2Cc2cc(C(C)(C)C)cc(c2O)Cc2cc(C(C)(C)C)cc(c2OCCOc2ccccc2C=NN=Cc2cccc(OC)c2O)Cc2cc(C(C)(C)C)cc(c2O)C3)c1O. The first-order chi connectivity index (χ1) is 43.7. The lowest BCUT2D eigenvalue weighted by atomic mass is 9.79. The molecule has 0 saturated heterocycles. The highest BCUT2D eigenvalue weighted by Gasteiger charge is 2.29. The Bertz CT molecular complexity index is 3720. The number of phenolic OH excluding ortho intramolecular Hbond substituents is 4. The summed E-state index contributed by atoms with van der Waals surface area (Å²) in [6.07, 6.45) is 7.47. The van der Waals surface area contributed by atoms with Gasteiger partial charge in [0.25, 0.3) is 0 Å². The standard InChI is InChI=1S/C78H88N4O10/c1-75(2,3)61-37-53-33-57-41-63(77(7,8)9)43-59(73(57)91-31-29-89-65-25-17-15-21-49(65)45-79-81-47-51-23-19-27-67(87-13)71(51)85)35-55-39-62(76(4,5)6)40-56(70(55)84)36-60-44-64(78(10,11)12)42-58(34-54(38-61)69(53)83)74(60)92-32-30-90-66-26-18-16-22-50(66)46-80-82-48-52-24-20-28-68(88-14)72(52)86/h15-28,37-48,83-86H,29-36H2,1-14H3. The highest BCUT2D eigenvalue weighted by molar-refractivity contribution is 5.88. The highest BCUT2D eigenvalue weighted by Crippen LogP contribution is 2.44. The molecule has 9 rings (SSSR count). The second-order valence-corrected chi connectivity index (χ2v) is 27.5. The maximum absolute atomic E-state index is 12.9. The van der Waals surface area contributed by atoms with Gasteiger partial charge in [-0.1, -0.05) is 168 Å². The second-order valence-electron chi connectivity index (χ2n) is 27.5. The van der Waals surface area contributed by atoms with Gasteiger partial charge in [-0.25, -0.2) is 0 Å². The zero-order chi connectivity index (χ0) is 66.1. The Hall–Kier alpha value is -9.56. The van der Waals surface area contributed by atoms with Gasteiger partial charge < -0.3 is 48.8 Å². The molecule has 1 aliphatic carbocycles. The van der Waals surface area contributed by atoms with Gasteiger partial charge in [0.2, 0.25) is 0 Å². The van der Waals surface area contributed by atoms with Crippen LogP contribution >= 0.6 is 0 Å². The zero-order valence-electron chi connectivity index (χ0n) is 55.7. The number of fused-ring (bicyclic) bond motifs is 8. The van der Waals surface area contributed by atoms with Crippen molar-refractivity contribution in [3.05, 3.63) is 222 Å². The average Bonchev–Trinajstić information content (AvgIpc) is 0.775. The number of ether oxygens (including phenoxy) is 6. The minimum absolute atomic E-state index is 0.0245. The third kappa shape index (κ3) is 16.3. The number of para-hydroxylation sites is 4. The number of hydrogen-bond acceptors (Lipinski definition) is 14. The summed E-state index contributed by atoms with van der Waals surface area (Å²) in [5.74, 6) is 3.51. The van der Waals surface area contributed by atoms with E-state index in [0.717, 1.165) is 66.8 Å². The second kappa shape index (κ2) is 28.3. The van der Waals surface area contributed by atoms with Crippen molar-refractivity contribution in [3.8, 4) is 57.5 Å². The summed E-state index contributed by atoms with van der Waals surface area (Å²) in [6, 6.07) is 42.8. The molecule has 0 aliphatic heterocycles. The summed E-state index contributed by atoms with van der Waals surface area (Å²) in [5.41, 5.74) is 12.0. The van der Waals surface area contributed by atoms with Crippen LogP contribution in [0.4, 0.5) is 0 Å². The molecule has 0 saturated carbocycles. The lowest BCUT2D eigenvalue weighted by molar-refractivity contribution is 0.214. The predicted molar refractivity (Wildman–Crippen MR) is 370 cm³/mol. The van der Waals surface area contributed by atoms with Gasteiger partial charge in [-0.05, 0) is 137 Å². The molecule has 0 atom stereocenters. The smallest absolute Gasteiger partial charge is 0.166 e. The van der Waals surface area contributed by atoms with Crippen molar-refractivity contribution in [1.29, 1.82) is 0 Å². The van der Waals surface area contributed by atoms with E-state index in [9.17, 15) is 20.4 Å². The van der Waals surface area contributed by atoms with Crippen molar-refractivity contribution in [3.63, 3.8) is 0 Å². The van der Waals surface area contributed by atoms with Crippen molar-refractivity contribution in [2.24, 2.45) is 20.4 Å². The third-order valence-electron chi connectivity index (χ3n) is 16.4. The Kier molecular flexibility index (Phi) is 20.6. The van der Waals surface area contributed by atoms with Crippen LogP contribution in [0.2, 0.25) is 0 Å². The van der Waals surface area contributed by atoms with E-state index in [4.69, 9.17) is 28.4 Å². The van der Waals surface area contributed by atoms with Gasteiger partial charge in [0.1, 0.15) is 60.9 Å². The van der Waals surface area contributed by atoms with Crippen molar-refractivity contribution in [2.45, 2.75) is 130 Å². The van der Waals surface area contributed by atoms with Gasteiger partial charge in [-0.2, -0.15) is 20.4 Å². The van der Waals surface area contributed by atoms with Crippen LogP contribution in [0.1, 0.15) is 172 Å². The summed E-state index contributed by atoms with van der Waals surface area (Å²) in [4.78, 5) is 0. The van der Waals surface area contributed by atoms with E-state index in [1.807, 2.05) is 48.5 Å². The van der Waals surface area contributed by atoms with E-state index in [0.29, 0.717) is 82.4 Å². The number of methoxy groups -OCH3 is 2. The number of aromatic hydroxyl groups is 4. The Morgan fingerprint density at radius 3 is 0.859 bits per heavy atom. The normalized spacial score (nSPS) is 13.1. The zero-order valence-corrected chi connectivity index (χ0v) is 55.7. The van der Waals surface area contributed by atoms with E-state index in [1.165, 1.54) is 26.6 Å². The lowest BCUT2D eigenvalue weighted by Crippen LogP contribution is -2.18. The van der Waals surface area contributed by atoms with Crippen LogP contribution in [-0.2, 0) is 47.3 Å². The molecule has 0 unspecified atom stereocenters. The molecule has 480 valence electrons. The summed E-state index contributed by atoms with van der Waals surface area (Å²) < 4.78 is 37.5. The van der Waals surface area contributed by atoms with E-state index >= 15 is 0 Å². The first-order valence-electron chi connectivity index (χ1n) is 31.3. The molecule has 0 radical (unpaired) electrons. The Labute approximate surface area is 542 Å². The molecule has 0 heterocycles. The van der Waals surface area contributed by atoms with E-state index in [1.54, 1.807) is 48.8 Å². The number of benzene rings is 8. The topological polar surface area (TPSA) is 186 Å². The van der Waals surface area contributed by atoms with Crippen LogP contribution in [0.25, 0.3) is 0 Å². The number of phenols is 4. The molecule has 14 nitrogen and oxygen atoms in total. The molecule has 8 aromatic rings. The maximum Gasteiger partial charge on any atom is 0.166 e. The largest absolute Gasteiger partial charge is 0.507 e. The molecular weight excluding hydrogens is 1150 g/mol. The molecule has 14 heteroatoms. The van der Waals surface area contributed by atoms with E-state index in [2.05, 4.69) is 152 Å². The summed E-state index contributed by atoms with van der Waals surface area (Å²) >= 11 is 0. The third-order valence-corrected chi connectivity index (χ3v) is 16.4. The van der Waals surface area contributed by atoms with Crippen molar-refractivity contribution < 1.29 is 48.8 Å². The molecular formula is C78H88N4O10. The van der Waals surface area contributed by atoms with Crippen LogP contribution < -0.4 is 28.4 Å². The van der Waals surface area contributed by atoms with Crippen molar-refractivity contribution >= 4 is 24.9 Å². The van der Waals surface area contributed by atoms with E-state index < -0.39 is 0 Å². The Morgan fingerprint density at radius 1 is 0.315 bits per heavy atom. The summed E-state index contributed by atoms with van der Waals surface area (Å²) in [6.45, 7) is 27.1. The fourth-order valence-corrected chi connectivity index (χ4v) is 11.0. The molecule has 0 aromatic heterocycles.